The van der Waals surface area contributed by atoms with E-state index in [2.05, 4.69) is 5.43 Å². The molecule has 1 fully saturated rings. The highest BCUT2D eigenvalue weighted by atomic mass is 19.1. The number of hydrogen-bond donors (Lipinski definition) is 1. The third-order valence-corrected chi connectivity index (χ3v) is 8.06. The maximum atomic E-state index is 14.4. The molecular formula is C34H29F3N4O2. The van der Waals surface area contributed by atoms with Crippen LogP contribution in [-0.2, 0) is 15.1 Å². The van der Waals surface area contributed by atoms with Crippen molar-refractivity contribution in [3.05, 3.63) is 143 Å². The number of carbonyl (C=O) groups excluding carboxylic acids is 2. The van der Waals surface area contributed by atoms with Crippen LogP contribution < -0.4 is 5.43 Å². The van der Waals surface area contributed by atoms with Gasteiger partial charge in [-0.2, -0.15) is 0 Å². The Morgan fingerprint density at radius 2 is 1.28 bits per heavy atom. The molecule has 1 saturated heterocycles. The summed E-state index contributed by atoms with van der Waals surface area (Å²) in [4.78, 5) is 34.1. The first-order valence-electron chi connectivity index (χ1n) is 14.1. The molecule has 43 heavy (non-hydrogen) atoms. The Labute approximate surface area is 247 Å². The highest BCUT2D eigenvalue weighted by molar-refractivity contribution is 6.18. The number of piperidine rings is 1. The van der Waals surface area contributed by atoms with Crippen LogP contribution in [0.5, 0.6) is 0 Å². The lowest BCUT2D eigenvalue weighted by Gasteiger charge is -2.33. The van der Waals surface area contributed by atoms with Crippen LogP contribution in [-0.4, -0.2) is 47.2 Å². The molecule has 9 heteroatoms. The molecule has 0 saturated carbocycles. The van der Waals surface area contributed by atoms with Gasteiger partial charge in [-0.05, 0) is 71.8 Å². The lowest BCUT2D eigenvalue weighted by Crippen LogP contribution is -2.52. The predicted octanol–water partition coefficient (Wildman–Crippen LogP) is 5.55. The summed E-state index contributed by atoms with van der Waals surface area (Å²) in [5, 5.41) is 1.83. The third-order valence-electron chi connectivity index (χ3n) is 8.06. The molecule has 218 valence electrons. The van der Waals surface area contributed by atoms with Gasteiger partial charge in [0.05, 0.1) is 0 Å². The minimum absolute atomic E-state index is 0.262. The molecule has 2 amide bonds. The first-order valence-corrected chi connectivity index (χ1v) is 14.1. The van der Waals surface area contributed by atoms with Crippen LogP contribution in [0.4, 0.5) is 13.2 Å². The summed E-state index contributed by atoms with van der Waals surface area (Å²) in [6.45, 7) is 0.876. The van der Waals surface area contributed by atoms with Gasteiger partial charge in [0, 0.05) is 18.7 Å². The summed E-state index contributed by atoms with van der Waals surface area (Å²) >= 11 is 0. The quantitative estimate of drug-likeness (QED) is 0.311. The Morgan fingerprint density at radius 1 is 0.767 bits per heavy atom. The average Bonchev–Trinajstić information content (AvgIpc) is 3.31. The topological polar surface area (TPSA) is 65.0 Å². The molecule has 0 radical (unpaired) electrons. The maximum absolute atomic E-state index is 14.4. The fourth-order valence-corrected chi connectivity index (χ4v) is 5.85. The second-order valence-electron chi connectivity index (χ2n) is 10.8. The zero-order chi connectivity index (χ0) is 30.0. The van der Waals surface area contributed by atoms with E-state index in [0.717, 1.165) is 18.4 Å². The number of hydrazine groups is 1. The Hall–Kier alpha value is -4.76. The van der Waals surface area contributed by atoms with Crippen LogP contribution in [0, 0.1) is 17.5 Å². The monoisotopic (exact) mass is 582 g/mol. The number of aliphatic imine (C=N–C) groups is 1. The average molecular weight is 583 g/mol. The Morgan fingerprint density at radius 3 is 1.81 bits per heavy atom. The van der Waals surface area contributed by atoms with Crippen molar-refractivity contribution < 1.29 is 22.8 Å². The number of carbonyl (C=O) groups is 2. The van der Waals surface area contributed by atoms with Crippen molar-refractivity contribution in [3.8, 4) is 0 Å². The summed E-state index contributed by atoms with van der Waals surface area (Å²) in [5.74, 6) is -1.58. The molecule has 4 aromatic rings. The number of nitrogens with one attached hydrogen (secondary N) is 1. The SMILES string of the molecule is O=C(CN1C(=O)C(c2ccc(F)cc2)(c2ccc(F)cc2)N=C1c1ccccc1)NN1CCC(c2ccc(F)cc2)CC1. The van der Waals surface area contributed by atoms with Crippen LogP contribution >= 0.6 is 0 Å². The van der Waals surface area contributed by atoms with Crippen LogP contribution in [0.1, 0.15) is 41.0 Å². The van der Waals surface area contributed by atoms with E-state index >= 15 is 0 Å². The second-order valence-corrected chi connectivity index (χ2v) is 10.8. The highest BCUT2D eigenvalue weighted by Crippen LogP contribution is 2.41. The van der Waals surface area contributed by atoms with Gasteiger partial charge < -0.3 is 0 Å². The number of nitrogens with zero attached hydrogens (tertiary/aromatic N) is 3. The normalized spacial score (nSPS) is 17.1. The van der Waals surface area contributed by atoms with Gasteiger partial charge in [0.25, 0.3) is 11.8 Å². The molecule has 0 spiro atoms. The van der Waals surface area contributed by atoms with Crippen molar-refractivity contribution in [2.24, 2.45) is 4.99 Å². The van der Waals surface area contributed by atoms with E-state index in [-0.39, 0.29) is 24.1 Å². The first kappa shape index (κ1) is 28.4. The van der Waals surface area contributed by atoms with Crippen molar-refractivity contribution in [2.75, 3.05) is 19.6 Å². The number of rotatable bonds is 7. The minimum Gasteiger partial charge on any atom is -0.287 e. The van der Waals surface area contributed by atoms with Gasteiger partial charge in [0.15, 0.2) is 5.54 Å². The van der Waals surface area contributed by atoms with Gasteiger partial charge in [-0.1, -0.05) is 66.7 Å². The van der Waals surface area contributed by atoms with E-state index in [0.29, 0.717) is 29.8 Å². The molecule has 1 N–H and O–H groups in total. The fourth-order valence-electron chi connectivity index (χ4n) is 5.85. The minimum atomic E-state index is -1.65. The van der Waals surface area contributed by atoms with Crippen molar-refractivity contribution in [3.63, 3.8) is 0 Å². The molecule has 2 heterocycles. The number of amides is 2. The number of amidine groups is 1. The van der Waals surface area contributed by atoms with E-state index < -0.39 is 29.0 Å². The predicted molar refractivity (Wildman–Crippen MR) is 156 cm³/mol. The number of hydrogen-bond acceptors (Lipinski definition) is 4. The molecular weight excluding hydrogens is 553 g/mol. The molecule has 2 aliphatic heterocycles. The summed E-state index contributed by atoms with van der Waals surface area (Å²) in [6, 6.07) is 26.5. The highest BCUT2D eigenvalue weighted by Gasteiger charge is 2.51. The van der Waals surface area contributed by atoms with Crippen molar-refractivity contribution in [1.29, 1.82) is 0 Å². The van der Waals surface area contributed by atoms with Gasteiger partial charge in [-0.25, -0.2) is 23.2 Å². The zero-order valence-electron chi connectivity index (χ0n) is 23.2. The molecule has 2 aliphatic rings. The number of halogens is 3. The van der Waals surface area contributed by atoms with E-state index in [4.69, 9.17) is 4.99 Å². The molecule has 0 aromatic heterocycles. The molecule has 6 rings (SSSR count). The molecule has 0 aliphatic carbocycles. The van der Waals surface area contributed by atoms with Gasteiger partial charge >= 0.3 is 0 Å². The zero-order valence-corrected chi connectivity index (χ0v) is 23.2. The first-order chi connectivity index (χ1) is 20.8. The van der Waals surface area contributed by atoms with Crippen molar-refractivity contribution in [1.82, 2.24) is 15.3 Å². The maximum Gasteiger partial charge on any atom is 0.265 e. The fraction of sp³-hybridized carbons (Fsp3) is 0.206. The Kier molecular flexibility index (Phi) is 7.82. The largest absolute Gasteiger partial charge is 0.287 e. The van der Waals surface area contributed by atoms with E-state index in [1.165, 1.54) is 65.6 Å². The molecule has 0 bridgehead atoms. The third kappa shape index (κ3) is 5.68. The summed E-state index contributed by atoms with van der Waals surface area (Å²) in [5.41, 5.74) is 3.75. The van der Waals surface area contributed by atoms with E-state index in [1.807, 2.05) is 23.2 Å². The second kappa shape index (κ2) is 11.9. The summed E-state index contributed by atoms with van der Waals surface area (Å²) in [6.07, 6.45) is 1.56. The molecule has 4 aromatic carbocycles. The van der Waals surface area contributed by atoms with E-state index in [1.54, 1.807) is 24.3 Å². The van der Waals surface area contributed by atoms with Crippen molar-refractivity contribution >= 4 is 17.6 Å². The summed E-state index contributed by atoms with van der Waals surface area (Å²) in [7, 11) is 0. The Bertz CT molecular complexity index is 1590. The smallest absolute Gasteiger partial charge is 0.265 e. The van der Waals surface area contributed by atoms with Gasteiger partial charge in [-0.15, -0.1) is 0 Å². The Balaban J connectivity index is 1.27. The van der Waals surface area contributed by atoms with Crippen molar-refractivity contribution in [2.45, 2.75) is 24.3 Å². The van der Waals surface area contributed by atoms with E-state index in [9.17, 15) is 22.8 Å². The summed E-state index contributed by atoms with van der Waals surface area (Å²) < 4.78 is 41.2. The van der Waals surface area contributed by atoms with Gasteiger partial charge in [-0.3, -0.25) is 19.9 Å². The van der Waals surface area contributed by atoms with Crippen LogP contribution in [0.25, 0.3) is 0 Å². The standard InChI is InChI=1S/C34H29F3N4O2/c35-28-12-6-23(7-13-28)24-18-20-40(21-19-24)39-31(42)22-41-32(25-4-2-1-3-5-25)38-34(33(41)43,26-8-14-29(36)15-9-26)27-10-16-30(37)17-11-27/h1-17,24H,18-22H2,(H,39,42). The number of benzene rings is 4. The molecule has 0 unspecified atom stereocenters. The van der Waals surface area contributed by atoms with Gasteiger partial charge in [0.2, 0.25) is 0 Å². The van der Waals surface area contributed by atoms with Crippen LogP contribution in [0.3, 0.4) is 0 Å². The van der Waals surface area contributed by atoms with Gasteiger partial charge in [0.1, 0.15) is 29.8 Å². The molecule has 6 nitrogen and oxygen atoms in total. The lowest BCUT2D eigenvalue weighted by molar-refractivity contribution is -0.136. The van der Waals surface area contributed by atoms with Crippen LogP contribution in [0.2, 0.25) is 0 Å². The lowest BCUT2D eigenvalue weighted by atomic mass is 9.83. The van der Waals surface area contributed by atoms with Crippen LogP contribution in [0.15, 0.2) is 108 Å². The molecule has 0 atom stereocenters.